The molecule has 0 saturated heterocycles. The van der Waals surface area contributed by atoms with Gasteiger partial charge in [-0.2, -0.15) is 0 Å². The number of aryl methyl sites for hydroxylation is 1. The summed E-state index contributed by atoms with van der Waals surface area (Å²) in [4.78, 5) is 18.7. The van der Waals surface area contributed by atoms with Crippen LogP contribution in [0.4, 0.5) is 0 Å². The van der Waals surface area contributed by atoms with Gasteiger partial charge >= 0.3 is 0 Å². The number of carbonyl (C=O) groups is 1. The van der Waals surface area contributed by atoms with Crippen LogP contribution in [0.3, 0.4) is 0 Å². The largest absolute Gasteiger partial charge is 0.329 e. The number of carbonyl (C=O) groups excluding carboxylic acids is 1. The van der Waals surface area contributed by atoms with Gasteiger partial charge in [0.1, 0.15) is 11.5 Å². The van der Waals surface area contributed by atoms with Gasteiger partial charge in [-0.1, -0.05) is 6.92 Å². The zero-order valence-electron chi connectivity index (χ0n) is 10.6. The van der Waals surface area contributed by atoms with Crippen molar-refractivity contribution in [2.45, 2.75) is 52.2 Å². The lowest BCUT2D eigenvalue weighted by atomic mass is 10.2. The first-order valence-corrected chi connectivity index (χ1v) is 6.54. The fourth-order valence-corrected chi connectivity index (χ4v) is 2.76. The molecular formula is C13H19N3O. The van der Waals surface area contributed by atoms with E-state index in [2.05, 4.69) is 21.4 Å². The first-order chi connectivity index (χ1) is 8.20. The zero-order chi connectivity index (χ0) is 12.0. The number of hydrogen-bond acceptors (Lipinski definition) is 3. The quantitative estimate of drug-likeness (QED) is 0.745. The molecule has 0 spiro atoms. The van der Waals surface area contributed by atoms with Crippen LogP contribution in [0.1, 0.15) is 48.7 Å². The van der Waals surface area contributed by atoms with Gasteiger partial charge in [0.05, 0.1) is 5.69 Å². The highest BCUT2D eigenvalue weighted by Crippen LogP contribution is 2.31. The second-order valence-corrected chi connectivity index (χ2v) is 5.09. The van der Waals surface area contributed by atoms with E-state index in [0.717, 1.165) is 43.6 Å². The normalized spacial score (nSPS) is 20.4. The Bertz CT molecular complexity index is 459. The maximum atomic E-state index is 11.6. The van der Waals surface area contributed by atoms with Crippen LogP contribution < -0.4 is 0 Å². The summed E-state index contributed by atoms with van der Waals surface area (Å²) in [7, 11) is 0. The van der Waals surface area contributed by atoms with Gasteiger partial charge in [-0.3, -0.25) is 9.69 Å². The van der Waals surface area contributed by atoms with Crippen molar-refractivity contribution < 1.29 is 4.79 Å². The van der Waals surface area contributed by atoms with E-state index in [4.69, 9.17) is 0 Å². The average Bonchev–Trinajstić information content (AvgIpc) is 3.09. The van der Waals surface area contributed by atoms with E-state index < -0.39 is 0 Å². The lowest BCUT2D eigenvalue weighted by Gasteiger charge is -2.29. The summed E-state index contributed by atoms with van der Waals surface area (Å²) in [6.07, 6.45) is 3.55. The molecule has 0 N–H and O–H groups in total. The summed E-state index contributed by atoms with van der Waals surface area (Å²) in [6, 6.07) is 0.767. The van der Waals surface area contributed by atoms with Gasteiger partial charge in [-0.15, -0.1) is 0 Å². The molecule has 0 unspecified atom stereocenters. The molecule has 1 aliphatic carbocycles. The van der Waals surface area contributed by atoms with Crippen molar-refractivity contribution in [2.75, 3.05) is 6.54 Å². The van der Waals surface area contributed by atoms with Crippen LogP contribution >= 0.6 is 0 Å². The molecule has 2 aliphatic rings. The van der Waals surface area contributed by atoms with E-state index in [0.29, 0.717) is 5.69 Å². The summed E-state index contributed by atoms with van der Waals surface area (Å²) in [5.41, 5.74) is 1.85. The van der Waals surface area contributed by atoms with Gasteiger partial charge in [-0.05, 0) is 12.8 Å². The molecule has 17 heavy (non-hydrogen) atoms. The number of nitrogens with zero attached hydrogens (tertiary/aromatic N) is 3. The van der Waals surface area contributed by atoms with Gasteiger partial charge in [0.15, 0.2) is 5.78 Å². The second-order valence-electron chi connectivity index (χ2n) is 5.09. The zero-order valence-corrected chi connectivity index (χ0v) is 10.6. The molecule has 0 radical (unpaired) electrons. The lowest BCUT2D eigenvalue weighted by Crippen LogP contribution is -2.36. The van der Waals surface area contributed by atoms with Crippen LogP contribution in [-0.4, -0.2) is 32.8 Å². The molecule has 4 nitrogen and oxygen atoms in total. The van der Waals surface area contributed by atoms with Crippen LogP contribution in [0.15, 0.2) is 0 Å². The first kappa shape index (κ1) is 11.0. The van der Waals surface area contributed by atoms with Crippen molar-refractivity contribution in [2.24, 2.45) is 0 Å². The minimum absolute atomic E-state index is 0.103. The van der Waals surface area contributed by atoms with Gasteiger partial charge in [0, 0.05) is 39.0 Å². The third kappa shape index (κ3) is 1.80. The monoisotopic (exact) mass is 233 g/mol. The number of ketones is 1. The Morgan fingerprint density at radius 2 is 2.18 bits per heavy atom. The molecule has 1 aromatic heterocycles. The van der Waals surface area contributed by atoms with Crippen molar-refractivity contribution >= 4 is 5.78 Å². The number of rotatable bonds is 3. The Hall–Kier alpha value is -1.16. The van der Waals surface area contributed by atoms with E-state index in [1.807, 2.05) is 0 Å². The number of aromatic nitrogens is 2. The number of hydrogen-bond donors (Lipinski definition) is 0. The standard InChI is InChI=1S/C13H19N3O/c1-3-12-14-13(9(2)17)11-8-15(10-4-5-10)6-7-16(11)12/h10H,3-8H2,1-2H3. The Morgan fingerprint density at radius 3 is 2.76 bits per heavy atom. The fraction of sp³-hybridized carbons (Fsp3) is 0.692. The highest BCUT2D eigenvalue weighted by molar-refractivity contribution is 5.93. The van der Waals surface area contributed by atoms with Gasteiger partial charge in [0.2, 0.25) is 0 Å². The topological polar surface area (TPSA) is 38.1 Å². The highest BCUT2D eigenvalue weighted by Gasteiger charge is 2.33. The van der Waals surface area contributed by atoms with Gasteiger partial charge < -0.3 is 4.57 Å². The molecule has 0 atom stereocenters. The van der Waals surface area contributed by atoms with Gasteiger partial charge in [0.25, 0.3) is 0 Å². The predicted molar refractivity (Wildman–Crippen MR) is 65.0 cm³/mol. The van der Waals surface area contributed by atoms with Crippen LogP contribution in [0.25, 0.3) is 0 Å². The Labute approximate surface area is 102 Å². The van der Waals surface area contributed by atoms with Gasteiger partial charge in [-0.25, -0.2) is 4.98 Å². The third-order valence-corrected chi connectivity index (χ3v) is 3.83. The Morgan fingerprint density at radius 1 is 1.41 bits per heavy atom. The first-order valence-electron chi connectivity index (χ1n) is 6.54. The minimum atomic E-state index is 0.103. The molecule has 3 rings (SSSR count). The molecule has 0 amide bonds. The number of fused-ring (bicyclic) bond motifs is 1. The molecule has 1 aromatic rings. The summed E-state index contributed by atoms with van der Waals surface area (Å²) in [5.74, 6) is 1.17. The van der Waals surface area contributed by atoms with Crippen LogP contribution in [0.5, 0.6) is 0 Å². The van der Waals surface area contributed by atoms with Crippen molar-refractivity contribution in [3.63, 3.8) is 0 Å². The molecule has 0 aromatic carbocycles. The molecule has 92 valence electrons. The Balaban J connectivity index is 1.97. The molecule has 1 aliphatic heterocycles. The third-order valence-electron chi connectivity index (χ3n) is 3.83. The average molecular weight is 233 g/mol. The molecule has 1 saturated carbocycles. The lowest BCUT2D eigenvalue weighted by molar-refractivity contribution is 0.100. The molecule has 0 bridgehead atoms. The van der Waals surface area contributed by atoms with Crippen molar-refractivity contribution in [3.05, 3.63) is 17.2 Å². The summed E-state index contributed by atoms with van der Waals surface area (Å²) < 4.78 is 2.26. The highest BCUT2D eigenvalue weighted by atomic mass is 16.1. The Kier molecular flexibility index (Phi) is 2.54. The number of Topliss-reactive ketones (excluding diaryl/α,β-unsaturated/α-hetero) is 1. The minimum Gasteiger partial charge on any atom is -0.329 e. The van der Waals surface area contributed by atoms with E-state index in [1.165, 1.54) is 12.8 Å². The van der Waals surface area contributed by atoms with Crippen molar-refractivity contribution in [3.8, 4) is 0 Å². The second kappa shape index (κ2) is 3.95. The summed E-state index contributed by atoms with van der Waals surface area (Å²) in [6.45, 7) is 6.74. The van der Waals surface area contributed by atoms with E-state index in [1.54, 1.807) is 6.92 Å². The van der Waals surface area contributed by atoms with Crippen LogP contribution in [0.2, 0.25) is 0 Å². The molecule has 4 heteroatoms. The summed E-state index contributed by atoms with van der Waals surface area (Å²) >= 11 is 0. The van der Waals surface area contributed by atoms with E-state index in [9.17, 15) is 4.79 Å². The molecule has 1 fully saturated rings. The smallest absolute Gasteiger partial charge is 0.180 e. The maximum absolute atomic E-state index is 11.6. The van der Waals surface area contributed by atoms with Crippen molar-refractivity contribution in [1.82, 2.24) is 14.5 Å². The van der Waals surface area contributed by atoms with Crippen LogP contribution in [0, 0.1) is 0 Å². The SMILES string of the molecule is CCc1nc(C(C)=O)c2n1CCN(C1CC1)C2. The summed E-state index contributed by atoms with van der Waals surface area (Å²) in [5, 5.41) is 0. The van der Waals surface area contributed by atoms with Crippen molar-refractivity contribution in [1.29, 1.82) is 0 Å². The molecule has 2 heterocycles. The predicted octanol–water partition coefficient (Wildman–Crippen LogP) is 1.63. The maximum Gasteiger partial charge on any atom is 0.180 e. The van der Waals surface area contributed by atoms with Crippen LogP contribution in [-0.2, 0) is 19.5 Å². The van der Waals surface area contributed by atoms with E-state index >= 15 is 0 Å². The fourth-order valence-electron chi connectivity index (χ4n) is 2.76. The number of imidazole rings is 1. The molecular weight excluding hydrogens is 214 g/mol. The van der Waals surface area contributed by atoms with E-state index in [-0.39, 0.29) is 5.78 Å².